The third-order valence-corrected chi connectivity index (χ3v) is 4.07. The second-order valence-corrected chi connectivity index (χ2v) is 6.94. The molecule has 1 N–H and O–H groups in total. The largest absolute Gasteiger partial charge is 0.322 e. The smallest absolute Gasteiger partial charge is 0.248 e. The Morgan fingerprint density at radius 1 is 1.00 bits per heavy atom. The fourth-order valence-corrected chi connectivity index (χ4v) is 2.33. The zero-order valence-corrected chi connectivity index (χ0v) is 14.6. The molecule has 0 heterocycles. The van der Waals surface area contributed by atoms with Gasteiger partial charge in [0.25, 0.3) is 0 Å². The summed E-state index contributed by atoms with van der Waals surface area (Å²) in [5, 5.41) is 2.93. The summed E-state index contributed by atoms with van der Waals surface area (Å²) in [7, 11) is 0. The van der Waals surface area contributed by atoms with Crippen LogP contribution in [0, 0.1) is 13.8 Å². The second kappa shape index (κ2) is 6.82. The molecule has 0 fully saturated rings. The van der Waals surface area contributed by atoms with E-state index in [4.69, 9.17) is 0 Å². The molecule has 0 aliphatic carbocycles. The molecule has 0 unspecified atom stereocenters. The number of anilines is 1. The number of rotatable bonds is 3. The van der Waals surface area contributed by atoms with Crippen LogP contribution in [-0.2, 0) is 10.2 Å². The van der Waals surface area contributed by atoms with Crippen molar-refractivity contribution in [3.63, 3.8) is 0 Å². The Hall–Kier alpha value is -2.35. The van der Waals surface area contributed by atoms with Crippen LogP contribution in [0.3, 0.4) is 0 Å². The van der Waals surface area contributed by atoms with Gasteiger partial charge in [0.2, 0.25) is 5.91 Å². The van der Waals surface area contributed by atoms with Gasteiger partial charge < -0.3 is 5.32 Å². The van der Waals surface area contributed by atoms with Crippen LogP contribution in [0.5, 0.6) is 0 Å². The molecule has 0 radical (unpaired) electrons. The summed E-state index contributed by atoms with van der Waals surface area (Å²) >= 11 is 0. The normalized spacial score (nSPS) is 11.7. The monoisotopic (exact) mass is 307 g/mol. The minimum absolute atomic E-state index is 0.112. The third kappa shape index (κ3) is 4.56. The van der Waals surface area contributed by atoms with Crippen LogP contribution in [0.4, 0.5) is 5.69 Å². The van der Waals surface area contributed by atoms with Crippen molar-refractivity contribution in [2.24, 2.45) is 0 Å². The predicted octanol–water partition coefficient (Wildman–Crippen LogP) is 5.25. The first-order valence-electron chi connectivity index (χ1n) is 7.93. The van der Waals surface area contributed by atoms with Crippen molar-refractivity contribution in [2.75, 3.05) is 5.32 Å². The van der Waals surface area contributed by atoms with Gasteiger partial charge in [0.05, 0.1) is 0 Å². The molecule has 2 aromatic carbocycles. The highest BCUT2D eigenvalue weighted by atomic mass is 16.1. The Kier molecular flexibility index (Phi) is 5.05. The SMILES string of the molecule is Cc1cccc(NC(=O)C=Cc2ccc(C(C)(C)C)cc2)c1C. The zero-order chi connectivity index (χ0) is 17.0. The summed E-state index contributed by atoms with van der Waals surface area (Å²) in [6, 6.07) is 14.2. The average molecular weight is 307 g/mol. The Bertz CT molecular complexity index is 718. The van der Waals surface area contributed by atoms with Gasteiger partial charge in [0.1, 0.15) is 0 Å². The maximum absolute atomic E-state index is 12.1. The van der Waals surface area contributed by atoms with Crippen LogP contribution in [-0.4, -0.2) is 5.91 Å². The Labute approximate surface area is 139 Å². The number of benzene rings is 2. The van der Waals surface area contributed by atoms with Gasteiger partial charge in [-0.25, -0.2) is 0 Å². The number of aryl methyl sites for hydroxylation is 1. The molecule has 2 rings (SSSR count). The van der Waals surface area contributed by atoms with Crippen molar-refractivity contribution in [3.05, 3.63) is 70.8 Å². The lowest BCUT2D eigenvalue weighted by atomic mass is 9.87. The highest BCUT2D eigenvalue weighted by Gasteiger charge is 2.12. The number of amides is 1. The van der Waals surface area contributed by atoms with Gasteiger partial charge in [-0.1, -0.05) is 57.2 Å². The van der Waals surface area contributed by atoms with E-state index in [1.807, 2.05) is 50.3 Å². The molecular formula is C21H25NO. The van der Waals surface area contributed by atoms with Crippen LogP contribution in [0.25, 0.3) is 6.08 Å². The molecule has 0 aliphatic heterocycles. The van der Waals surface area contributed by atoms with Crippen LogP contribution >= 0.6 is 0 Å². The predicted molar refractivity (Wildman–Crippen MR) is 98.7 cm³/mol. The fourth-order valence-electron chi connectivity index (χ4n) is 2.33. The molecular weight excluding hydrogens is 282 g/mol. The Morgan fingerprint density at radius 3 is 2.26 bits per heavy atom. The Morgan fingerprint density at radius 2 is 1.65 bits per heavy atom. The number of carbonyl (C=O) groups excluding carboxylic acids is 1. The van der Waals surface area contributed by atoms with Gasteiger partial charge in [0, 0.05) is 11.8 Å². The summed E-state index contributed by atoms with van der Waals surface area (Å²) in [4.78, 5) is 12.1. The number of carbonyl (C=O) groups is 1. The topological polar surface area (TPSA) is 29.1 Å². The molecule has 1 amide bonds. The average Bonchev–Trinajstić information content (AvgIpc) is 2.49. The molecule has 0 saturated heterocycles. The van der Waals surface area contributed by atoms with Crippen molar-refractivity contribution in [2.45, 2.75) is 40.0 Å². The molecule has 2 aromatic rings. The van der Waals surface area contributed by atoms with E-state index >= 15 is 0 Å². The van der Waals surface area contributed by atoms with E-state index < -0.39 is 0 Å². The summed E-state index contributed by atoms with van der Waals surface area (Å²) in [5.41, 5.74) is 5.59. The van der Waals surface area contributed by atoms with Crippen LogP contribution in [0.1, 0.15) is 43.0 Å². The first-order valence-corrected chi connectivity index (χ1v) is 7.93. The van der Waals surface area contributed by atoms with Crippen molar-refractivity contribution in [3.8, 4) is 0 Å². The molecule has 0 spiro atoms. The molecule has 0 aliphatic rings. The molecule has 0 saturated carbocycles. The lowest BCUT2D eigenvalue weighted by Crippen LogP contribution is -2.10. The van der Waals surface area contributed by atoms with E-state index in [0.29, 0.717) is 0 Å². The summed E-state index contributed by atoms with van der Waals surface area (Å²) in [6.07, 6.45) is 3.42. The summed E-state index contributed by atoms with van der Waals surface area (Å²) < 4.78 is 0. The van der Waals surface area contributed by atoms with Crippen molar-refractivity contribution >= 4 is 17.7 Å². The van der Waals surface area contributed by atoms with E-state index in [0.717, 1.165) is 16.8 Å². The maximum Gasteiger partial charge on any atom is 0.248 e. The van der Waals surface area contributed by atoms with Gasteiger partial charge in [0.15, 0.2) is 0 Å². The van der Waals surface area contributed by atoms with Gasteiger partial charge in [-0.3, -0.25) is 4.79 Å². The molecule has 0 atom stereocenters. The van der Waals surface area contributed by atoms with E-state index in [-0.39, 0.29) is 11.3 Å². The van der Waals surface area contributed by atoms with Gasteiger partial charge in [-0.2, -0.15) is 0 Å². The lowest BCUT2D eigenvalue weighted by molar-refractivity contribution is -0.111. The molecule has 2 heteroatoms. The number of hydrogen-bond acceptors (Lipinski definition) is 1. The number of nitrogens with one attached hydrogen (secondary N) is 1. The highest BCUT2D eigenvalue weighted by Crippen LogP contribution is 2.22. The second-order valence-electron chi connectivity index (χ2n) is 6.94. The maximum atomic E-state index is 12.1. The molecule has 0 bridgehead atoms. The van der Waals surface area contributed by atoms with Crippen molar-refractivity contribution in [1.82, 2.24) is 0 Å². The summed E-state index contributed by atoms with van der Waals surface area (Å²) in [5.74, 6) is -0.112. The molecule has 120 valence electrons. The summed E-state index contributed by atoms with van der Waals surface area (Å²) in [6.45, 7) is 10.6. The van der Waals surface area contributed by atoms with Crippen molar-refractivity contribution in [1.29, 1.82) is 0 Å². The van der Waals surface area contributed by atoms with Gasteiger partial charge in [-0.05, 0) is 53.7 Å². The molecule has 23 heavy (non-hydrogen) atoms. The van der Waals surface area contributed by atoms with Crippen LogP contribution in [0.15, 0.2) is 48.5 Å². The number of hydrogen-bond donors (Lipinski definition) is 1. The quantitative estimate of drug-likeness (QED) is 0.771. The zero-order valence-electron chi connectivity index (χ0n) is 14.6. The van der Waals surface area contributed by atoms with Gasteiger partial charge in [-0.15, -0.1) is 0 Å². The van der Waals surface area contributed by atoms with Crippen LogP contribution < -0.4 is 5.32 Å². The minimum Gasteiger partial charge on any atom is -0.322 e. The van der Waals surface area contributed by atoms with E-state index in [9.17, 15) is 4.79 Å². The molecule has 2 nitrogen and oxygen atoms in total. The highest BCUT2D eigenvalue weighted by molar-refractivity contribution is 6.02. The van der Waals surface area contributed by atoms with E-state index in [1.54, 1.807) is 6.08 Å². The van der Waals surface area contributed by atoms with Crippen LogP contribution in [0.2, 0.25) is 0 Å². The van der Waals surface area contributed by atoms with E-state index in [1.165, 1.54) is 11.1 Å². The first-order chi connectivity index (χ1) is 10.8. The Balaban J connectivity index is 2.05. The van der Waals surface area contributed by atoms with Crippen molar-refractivity contribution < 1.29 is 4.79 Å². The fraction of sp³-hybridized carbons (Fsp3) is 0.286. The minimum atomic E-state index is -0.112. The van der Waals surface area contributed by atoms with Gasteiger partial charge >= 0.3 is 0 Å². The lowest BCUT2D eigenvalue weighted by Gasteiger charge is -2.18. The first kappa shape index (κ1) is 17.0. The standard InChI is InChI=1S/C21H25NO/c1-15-7-6-8-19(16(15)2)22-20(23)14-11-17-9-12-18(13-10-17)21(3,4)5/h6-14H,1-5H3,(H,22,23). The molecule has 0 aromatic heterocycles. The third-order valence-electron chi connectivity index (χ3n) is 4.07. The van der Waals surface area contributed by atoms with E-state index in [2.05, 4.69) is 38.2 Å².